The summed E-state index contributed by atoms with van der Waals surface area (Å²) in [5, 5.41) is 8.94. The van der Waals surface area contributed by atoms with Crippen molar-refractivity contribution in [2.75, 3.05) is 20.1 Å². The number of hydrogen-bond acceptors (Lipinski definition) is 3. The number of nitriles is 1. The normalized spacial score (nSPS) is 11.4. The lowest BCUT2D eigenvalue weighted by Gasteiger charge is -2.24. The van der Waals surface area contributed by atoms with Crippen molar-refractivity contribution in [1.29, 1.82) is 5.26 Å². The topological polar surface area (TPSA) is 39.9 Å². The van der Waals surface area contributed by atoms with Crippen LogP contribution in [-0.2, 0) is 6.42 Å². The van der Waals surface area contributed by atoms with E-state index in [0.717, 1.165) is 19.5 Å². The molecule has 1 rings (SSSR count). The predicted molar refractivity (Wildman–Crippen MR) is 64.8 cm³/mol. The van der Waals surface area contributed by atoms with E-state index in [2.05, 4.69) is 29.1 Å². The van der Waals surface area contributed by atoms with E-state index in [1.165, 1.54) is 5.56 Å². The summed E-state index contributed by atoms with van der Waals surface area (Å²) in [5.74, 6) is 0. The van der Waals surface area contributed by atoms with E-state index in [9.17, 15) is 0 Å². The molecule has 0 bridgehead atoms. The summed E-state index contributed by atoms with van der Waals surface area (Å²) < 4.78 is 0. The summed E-state index contributed by atoms with van der Waals surface area (Å²) in [6.07, 6.45) is 4.65. The maximum absolute atomic E-state index is 8.94. The van der Waals surface area contributed by atoms with Gasteiger partial charge < -0.3 is 4.90 Å². The molecular weight excluding hydrogens is 198 g/mol. The number of hydrogen-bond donors (Lipinski definition) is 0. The van der Waals surface area contributed by atoms with Gasteiger partial charge in [0.2, 0.25) is 0 Å². The smallest absolute Gasteiger partial charge is 0.0697 e. The summed E-state index contributed by atoms with van der Waals surface area (Å²) in [4.78, 5) is 6.27. The molecule has 0 aromatic carbocycles. The zero-order chi connectivity index (χ0) is 12.0. The second kappa shape index (κ2) is 5.62. The largest absolute Gasteiger partial charge is 0.304 e. The van der Waals surface area contributed by atoms with Crippen molar-refractivity contribution in [2.45, 2.75) is 20.3 Å². The van der Waals surface area contributed by atoms with E-state index in [1.54, 1.807) is 6.20 Å². The molecule has 0 amide bonds. The highest BCUT2D eigenvalue weighted by Crippen LogP contribution is 2.14. The SMILES string of the molecule is CN(CCc1cccnc1)CC(C)(C)C#N. The van der Waals surface area contributed by atoms with Crippen molar-refractivity contribution in [1.82, 2.24) is 9.88 Å². The second-order valence-electron chi connectivity index (χ2n) is 4.84. The molecule has 0 spiro atoms. The van der Waals surface area contributed by atoms with Crippen LogP contribution in [0.4, 0.5) is 0 Å². The Bertz CT molecular complexity index is 351. The van der Waals surface area contributed by atoms with Gasteiger partial charge in [-0.15, -0.1) is 0 Å². The van der Waals surface area contributed by atoms with Crippen molar-refractivity contribution >= 4 is 0 Å². The Morgan fingerprint density at radius 3 is 2.81 bits per heavy atom. The summed E-state index contributed by atoms with van der Waals surface area (Å²) in [7, 11) is 2.05. The number of rotatable bonds is 5. The Kier molecular flexibility index (Phi) is 4.45. The van der Waals surface area contributed by atoms with Gasteiger partial charge in [-0.1, -0.05) is 6.07 Å². The third-order valence-corrected chi connectivity index (χ3v) is 2.47. The van der Waals surface area contributed by atoms with E-state index in [4.69, 9.17) is 5.26 Å². The molecule has 1 aromatic heterocycles. The van der Waals surface area contributed by atoms with Crippen molar-refractivity contribution < 1.29 is 0 Å². The zero-order valence-corrected chi connectivity index (χ0v) is 10.3. The standard InChI is InChI=1S/C13H19N3/c1-13(2,10-14)11-16(3)8-6-12-5-4-7-15-9-12/h4-5,7,9H,6,8,11H2,1-3H3. The van der Waals surface area contributed by atoms with Gasteiger partial charge in [0.15, 0.2) is 0 Å². The number of likely N-dealkylation sites (N-methyl/N-ethyl adjacent to an activating group) is 1. The first-order valence-corrected chi connectivity index (χ1v) is 5.52. The fraction of sp³-hybridized carbons (Fsp3) is 0.538. The molecule has 16 heavy (non-hydrogen) atoms. The van der Waals surface area contributed by atoms with Crippen molar-refractivity contribution in [3.05, 3.63) is 30.1 Å². The van der Waals surface area contributed by atoms with E-state index >= 15 is 0 Å². The fourth-order valence-corrected chi connectivity index (χ4v) is 1.66. The van der Waals surface area contributed by atoms with Gasteiger partial charge in [-0.25, -0.2) is 0 Å². The molecule has 0 atom stereocenters. The lowest BCUT2D eigenvalue weighted by atomic mass is 9.95. The van der Waals surface area contributed by atoms with Crippen LogP contribution < -0.4 is 0 Å². The molecule has 0 unspecified atom stereocenters. The molecule has 3 nitrogen and oxygen atoms in total. The van der Waals surface area contributed by atoms with Gasteiger partial charge in [0.1, 0.15) is 0 Å². The number of nitrogens with zero attached hydrogens (tertiary/aromatic N) is 3. The van der Waals surface area contributed by atoms with Crippen LogP contribution in [-0.4, -0.2) is 30.0 Å². The minimum absolute atomic E-state index is 0.274. The Balaban J connectivity index is 2.37. The van der Waals surface area contributed by atoms with Gasteiger partial charge in [-0.2, -0.15) is 5.26 Å². The molecule has 0 saturated heterocycles. The van der Waals surface area contributed by atoms with E-state index in [0.29, 0.717) is 0 Å². The zero-order valence-electron chi connectivity index (χ0n) is 10.3. The Morgan fingerprint density at radius 1 is 1.50 bits per heavy atom. The predicted octanol–water partition coefficient (Wildman–Crippen LogP) is 2.11. The van der Waals surface area contributed by atoms with Gasteiger partial charge in [0, 0.05) is 25.5 Å². The Hall–Kier alpha value is -1.40. The highest BCUT2D eigenvalue weighted by atomic mass is 15.1. The molecule has 0 aliphatic carbocycles. The van der Waals surface area contributed by atoms with Gasteiger partial charge in [-0.3, -0.25) is 4.98 Å². The maximum atomic E-state index is 8.94. The van der Waals surface area contributed by atoms with Crippen LogP contribution in [0.3, 0.4) is 0 Å². The third kappa shape index (κ3) is 4.41. The second-order valence-corrected chi connectivity index (χ2v) is 4.84. The minimum Gasteiger partial charge on any atom is -0.304 e. The first kappa shape index (κ1) is 12.7. The van der Waals surface area contributed by atoms with Crippen LogP contribution in [0.2, 0.25) is 0 Å². The lowest BCUT2D eigenvalue weighted by molar-refractivity contribution is 0.258. The summed E-state index contributed by atoms with van der Waals surface area (Å²) >= 11 is 0. The minimum atomic E-state index is -0.274. The van der Waals surface area contributed by atoms with Crippen LogP contribution >= 0.6 is 0 Å². The number of aromatic nitrogens is 1. The van der Waals surface area contributed by atoms with Crippen LogP contribution in [0.5, 0.6) is 0 Å². The van der Waals surface area contributed by atoms with Crippen LogP contribution in [0.25, 0.3) is 0 Å². The highest BCUT2D eigenvalue weighted by Gasteiger charge is 2.18. The molecule has 1 heterocycles. The molecule has 0 saturated carbocycles. The molecular formula is C13H19N3. The molecule has 1 aromatic rings. The van der Waals surface area contributed by atoms with E-state index < -0.39 is 0 Å². The summed E-state index contributed by atoms with van der Waals surface area (Å²) in [6.45, 7) is 5.68. The summed E-state index contributed by atoms with van der Waals surface area (Å²) in [6, 6.07) is 6.35. The van der Waals surface area contributed by atoms with Crippen LogP contribution in [0, 0.1) is 16.7 Å². The molecule has 0 radical (unpaired) electrons. The Labute approximate surface area is 97.7 Å². The fourth-order valence-electron chi connectivity index (χ4n) is 1.66. The van der Waals surface area contributed by atoms with Crippen molar-refractivity contribution in [3.63, 3.8) is 0 Å². The van der Waals surface area contributed by atoms with Gasteiger partial charge >= 0.3 is 0 Å². The third-order valence-electron chi connectivity index (χ3n) is 2.47. The first-order chi connectivity index (χ1) is 7.53. The van der Waals surface area contributed by atoms with Gasteiger partial charge in [0.25, 0.3) is 0 Å². The van der Waals surface area contributed by atoms with Crippen LogP contribution in [0.15, 0.2) is 24.5 Å². The first-order valence-electron chi connectivity index (χ1n) is 5.52. The van der Waals surface area contributed by atoms with E-state index in [1.807, 2.05) is 26.1 Å². The maximum Gasteiger partial charge on any atom is 0.0697 e. The van der Waals surface area contributed by atoms with Gasteiger partial charge in [-0.05, 0) is 38.9 Å². The molecule has 0 aliphatic rings. The van der Waals surface area contributed by atoms with Crippen LogP contribution in [0.1, 0.15) is 19.4 Å². The molecule has 3 heteroatoms. The lowest BCUT2D eigenvalue weighted by Crippen LogP contribution is -2.31. The molecule has 0 fully saturated rings. The monoisotopic (exact) mass is 217 g/mol. The average Bonchev–Trinajstić information content (AvgIpc) is 2.27. The van der Waals surface area contributed by atoms with Crippen molar-refractivity contribution in [2.24, 2.45) is 5.41 Å². The molecule has 86 valence electrons. The van der Waals surface area contributed by atoms with E-state index in [-0.39, 0.29) is 5.41 Å². The van der Waals surface area contributed by atoms with Crippen molar-refractivity contribution in [3.8, 4) is 6.07 Å². The summed E-state index contributed by atoms with van der Waals surface area (Å²) in [5.41, 5.74) is 0.966. The highest BCUT2D eigenvalue weighted by molar-refractivity contribution is 5.08. The number of pyridine rings is 1. The molecule has 0 aliphatic heterocycles. The average molecular weight is 217 g/mol. The Morgan fingerprint density at radius 2 is 2.25 bits per heavy atom. The quantitative estimate of drug-likeness (QED) is 0.758. The van der Waals surface area contributed by atoms with Gasteiger partial charge in [0.05, 0.1) is 11.5 Å². The molecule has 0 N–H and O–H groups in total.